The summed E-state index contributed by atoms with van der Waals surface area (Å²) in [5.74, 6) is 0.0395. The van der Waals surface area contributed by atoms with E-state index < -0.39 is 5.97 Å². The summed E-state index contributed by atoms with van der Waals surface area (Å²) in [7, 11) is 1.51. The van der Waals surface area contributed by atoms with Gasteiger partial charge in [0.05, 0.1) is 30.4 Å². The lowest BCUT2D eigenvalue weighted by Crippen LogP contribution is -2.10. The molecule has 64 heavy (non-hydrogen) atoms. The van der Waals surface area contributed by atoms with Gasteiger partial charge in [-0.15, -0.1) is 0 Å². The number of aromatic hydroxyl groups is 3. The lowest BCUT2D eigenvalue weighted by atomic mass is 10.0. The predicted molar refractivity (Wildman–Crippen MR) is 246 cm³/mol. The smallest absolute Gasteiger partial charge is 0.330 e. The first kappa shape index (κ1) is 49.0. The van der Waals surface area contributed by atoms with Gasteiger partial charge in [-0.05, 0) is 42.8 Å². The SMILES string of the molecule is C=CC(=O)OCCOc1ccc(C(=O)c2ccccc2)c(O)c1.CCCCCCCCOc1ccc(C(=O)c2ccccc2)c(O)c1.COc1ccc(C(=O)c2ccccc2)c(O)c1. The van der Waals surface area contributed by atoms with Gasteiger partial charge in [-0.2, -0.15) is 0 Å². The van der Waals surface area contributed by atoms with Gasteiger partial charge in [0.2, 0.25) is 0 Å². The number of benzene rings is 6. The molecule has 0 saturated heterocycles. The molecule has 0 aliphatic heterocycles. The summed E-state index contributed by atoms with van der Waals surface area (Å²) in [6.07, 6.45) is 8.32. The third-order valence-electron chi connectivity index (χ3n) is 9.51. The van der Waals surface area contributed by atoms with Crippen molar-refractivity contribution in [1.29, 1.82) is 0 Å². The van der Waals surface area contributed by atoms with Gasteiger partial charge in [-0.3, -0.25) is 14.4 Å². The van der Waals surface area contributed by atoms with E-state index in [1.165, 1.54) is 57.1 Å². The van der Waals surface area contributed by atoms with E-state index in [9.17, 15) is 34.5 Å². The van der Waals surface area contributed by atoms with Crippen molar-refractivity contribution < 1.29 is 53.4 Å². The average molecular weight is 867 g/mol. The molecule has 6 rings (SSSR count). The van der Waals surface area contributed by atoms with E-state index in [1.807, 2.05) is 30.3 Å². The summed E-state index contributed by atoms with van der Waals surface area (Å²) in [5, 5.41) is 29.9. The van der Waals surface area contributed by atoms with E-state index in [-0.39, 0.29) is 58.9 Å². The van der Waals surface area contributed by atoms with Crippen LogP contribution in [0.3, 0.4) is 0 Å². The molecular weight excluding hydrogens is 813 g/mol. The molecule has 0 radical (unpaired) electrons. The van der Waals surface area contributed by atoms with Gasteiger partial charge in [0.15, 0.2) is 17.3 Å². The van der Waals surface area contributed by atoms with Crippen LogP contribution in [0.4, 0.5) is 0 Å². The number of phenolic OH excluding ortho intramolecular Hbond substituents is 3. The summed E-state index contributed by atoms with van der Waals surface area (Å²) in [4.78, 5) is 47.6. The van der Waals surface area contributed by atoms with Gasteiger partial charge in [-0.1, -0.05) is 137 Å². The highest BCUT2D eigenvalue weighted by Crippen LogP contribution is 2.28. The second-order valence-corrected chi connectivity index (χ2v) is 14.2. The first-order chi connectivity index (χ1) is 31.1. The highest BCUT2D eigenvalue weighted by atomic mass is 16.6. The molecule has 3 N–H and O–H groups in total. The number of hydrogen-bond donors (Lipinski definition) is 3. The van der Waals surface area contributed by atoms with Crippen molar-refractivity contribution in [2.75, 3.05) is 26.9 Å². The third kappa shape index (κ3) is 15.7. The molecule has 0 fully saturated rings. The zero-order valence-corrected chi connectivity index (χ0v) is 36.1. The maximum atomic E-state index is 12.4. The number of unbranched alkanes of at least 4 members (excludes halogenated alkanes) is 5. The van der Waals surface area contributed by atoms with Crippen molar-refractivity contribution in [3.05, 3.63) is 192 Å². The quantitative estimate of drug-likeness (QED) is 0.0289. The fraction of sp³-hybridized carbons (Fsp3) is 0.208. The molecule has 0 aliphatic rings. The molecule has 0 spiro atoms. The Morgan fingerprint density at radius 3 is 1.25 bits per heavy atom. The highest BCUT2D eigenvalue weighted by Gasteiger charge is 2.16. The highest BCUT2D eigenvalue weighted by molar-refractivity contribution is 6.12. The number of hydrogen-bond acceptors (Lipinski definition) is 11. The van der Waals surface area contributed by atoms with E-state index >= 15 is 0 Å². The molecule has 0 heterocycles. The summed E-state index contributed by atoms with van der Waals surface area (Å²) in [6.45, 7) is 6.32. The van der Waals surface area contributed by atoms with Gasteiger partial charge in [0.25, 0.3) is 0 Å². The Balaban J connectivity index is 0.000000214. The molecule has 6 aromatic rings. The number of ether oxygens (including phenoxy) is 4. The minimum absolute atomic E-state index is 0.0377. The summed E-state index contributed by atoms with van der Waals surface area (Å²) >= 11 is 0. The van der Waals surface area contributed by atoms with Crippen LogP contribution in [0.25, 0.3) is 0 Å². The zero-order valence-electron chi connectivity index (χ0n) is 36.1. The second-order valence-electron chi connectivity index (χ2n) is 14.2. The van der Waals surface area contributed by atoms with Gasteiger partial charge in [0.1, 0.15) is 47.7 Å². The summed E-state index contributed by atoms with van der Waals surface area (Å²) in [6, 6.07) is 40.4. The average Bonchev–Trinajstić information content (AvgIpc) is 3.33. The Morgan fingerprint density at radius 1 is 0.484 bits per heavy atom. The standard InChI is InChI=1S/C21H26O3.C18H16O5.C14H12O3/c1-2-3-4-5-6-10-15-24-18-13-14-19(20(22)16-18)21(23)17-11-8-7-9-12-17;1-2-17(20)23-11-10-22-14-8-9-15(16(19)12-14)18(21)13-6-4-3-5-7-13;1-17-11-7-8-12(13(15)9-11)14(16)10-5-3-2-4-6-10/h7-9,11-14,16,22H,2-6,10,15H2,1H3;2-9,12,19H,1,10-11H2;2-9,15H,1H3. The maximum absolute atomic E-state index is 12.4. The van der Waals surface area contributed by atoms with Crippen LogP contribution in [0.5, 0.6) is 34.5 Å². The van der Waals surface area contributed by atoms with Crippen LogP contribution < -0.4 is 14.2 Å². The van der Waals surface area contributed by atoms with Crippen LogP contribution >= 0.6 is 0 Å². The van der Waals surface area contributed by atoms with E-state index in [2.05, 4.69) is 13.5 Å². The maximum Gasteiger partial charge on any atom is 0.330 e. The van der Waals surface area contributed by atoms with E-state index in [0.717, 1.165) is 18.9 Å². The van der Waals surface area contributed by atoms with Crippen LogP contribution in [0, 0.1) is 0 Å². The van der Waals surface area contributed by atoms with Gasteiger partial charge >= 0.3 is 5.97 Å². The molecule has 332 valence electrons. The lowest BCUT2D eigenvalue weighted by molar-refractivity contribution is -0.138. The van der Waals surface area contributed by atoms with Gasteiger partial charge in [-0.25, -0.2) is 4.79 Å². The number of methoxy groups -OCH3 is 1. The molecule has 0 amide bonds. The fourth-order valence-electron chi connectivity index (χ4n) is 6.09. The van der Waals surface area contributed by atoms with Crippen molar-refractivity contribution in [3.8, 4) is 34.5 Å². The summed E-state index contributed by atoms with van der Waals surface area (Å²) < 4.78 is 20.7. The minimum atomic E-state index is -0.528. The molecule has 0 aliphatic carbocycles. The van der Waals surface area contributed by atoms with Crippen LogP contribution in [0.15, 0.2) is 158 Å². The number of esters is 1. The molecule has 0 atom stereocenters. The van der Waals surface area contributed by atoms with E-state index in [0.29, 0.717) is 46.1 Å². The third-order valence-corrected chi connectivity index (χ3v) is 9.51. The Hall–Kier alpha value is -7.66. The Morgan fingerprint density at radius 2 is 0.859 bits per heavy atom. The Labute approximate surface area is 374 Å². The molecule has 11 nitrogen and oxygen atoms in total. The molecule has 6 aromatic carbocycles. The second kappa shape index (κ2) is 26.6. The normalized spacial score (nSPS) is 10.2. The number of carbonyl (C=O) groups is 4. The lowest BCUT2D eigenvalue weighted by Gasteiger charge is -2.09. The first-order valence-corrected chi connectivity index (χ1v) is 20.9. The number of carbonyl (C=O) groups excluding carboxylic acids is 4. The van der Waals surface area contributed by atoms with Crippen LogP contribution in [0.2, 0.25) is 0 Å². The van der Waals surface area contributed by atoms with Crippen molar-refractivity contribution in [1.82, 2.24) is 0 Å². The van der Waals surface area contributed by atoms with Crippen LogP contribution in [-0.2, 0) is 9.53 Å². The van der Waals surface area contributed by atoms with Crippen LogP contribution in [-0.4, -0.2) is 65.6 Å². The number of ketones is 3. The molecule has 0 unspecified atom stereocenters. The van der Waals surface area contributed by atoms with Crippen molar-refractivity contribution in [2.24, 2.45) is 0 Å². The number of phenols is 3. The Bertz CT molecular complexity index is 2410. The fourth-order valence-corrected chi connectivity index (χ4v) is 6.09. The molecule has 0 aromatic heterocycles. The van der Waals surface area contributed by atoms with Gasteiger partial charge < -0.3 is 34.3 Å². The minimum Gasteiger partial charge on any atom is -0.507 e. The van der Waals surface area contributed by atoms with E-state index in [1.54, 1.807) is 91.0 Å². The topological polar surface area (TPSA) is 166 Å². The summed E-state index contributed by atoms with van der Waals surface area (Å²) in [5.41, 5.74) is 2.38. The first-order valence-electron chi connectivity index (χ1n) is 20.9. The monoisotopic (exact) mass is 866 g/mol. The zero-order chi connectivity index (χ0) is 46.1. The van der Waals surface area contributed by atoms with Crippen LogP contribution in [0.1, 0.15) is 93.2 Å². The van der Waals surface area contributed by atoms with Crippen molar-refractivity contribution in [2.45, 2.75) is 45.4 Å². The van der Waals surface area contributed by atoms with Gasteiger partial charge in [0, 0.05) is 41.0 Å². The molecule has 11 heteroatoms. The number of rotatable bonds is 20. The van der Waals surface area contributed by atoms with Crippen molar-refractivity contribution in [3.63, 3.8) is 0 Å². The Kier molecular flexibility index (Phi) is 20.4. The largest absolute Gasteiger partial charge is 0.507 e. The molecule has 0 bridgehead atoms. The molecular formula is C53H54O11. The molecule has 0 saturated carbocycles. The van der Waals surface area contributed by atoms with E-state index in [4.69, 9.17) is 18.9 Å². The van der Waals surface area contributed by atoms with Crippen molar-refractivity contribution >= 4 is 23.3 Å². The predicted octanol–water partition coefficient (Wildman–Crippen LogP) is 10.7.